The molecule has 0 aromatic rings. The van der Waals surface area contributed by atoms with E-state index in [9.17, 15) is 19.2 Å². The molecule has 4 unspecified atom stereocenters. The van der Waals surface area contributed by atoms with Gasteiger partial charge in [0, 0.05) is 13.1 Å². The van der Waals surface area contributed by atoms with Crippen LogP contribution in [-0.4, -0.2) is 59.6 Å². The number of nitrogens with zero attached hydrogens (tertiary/aromatic N) is 1. The minimum atomic E-state index is -0.894. The molecule has 0 radical (unpaired) electrons. The summed E-state index contributed by atoms with van der Waals surface area (Å²) in [6.07, 6.45) is 3.90. The van der Waals surface area contributed by atoms with Crippen LogP contribution in [0.4, 0.5) is 0 Å². The number of piperidine rings is 1. The molecule has 0 aromatic carbocycles. The molecule has 3 rings (SSSR count). The van der Waals surface area contributed by atoms with Gasteiger partial charge >= 0.3 is 0 Å². The SMILES string of the molecule is C=CCNC(=O)C(=O)C(CC1CC1)NC(=O)C1C2C(CN1C(=O)[C@@H](N)C(C)(C)C)C2(C)C. The van der Waals surface area contributed by atoms with Crippen molar-refractivity contribution in [2.75, 3.05) is 13.1 Å². The Morgan fingerprint density at radius 1 is 1.22 bits per heavy atom. The van der Waals surface area contributed by atoms with Gasteiger partial charge in [-0.2, -0.15) is 0 Å². The van der Waals surface area contributed by atoms with Gasteiger partial charge in [-0.1, -0.05) is 53.5 Å². The van der Waals surface area contributed by atoms with Crippen molar-refractivity contribution in [1.29, 1.82) is 0 Å². The van der Waals surface area contributed by atoms with E-state index in [0.29, 0.717) is 18.9 Å². The molecule has 8 nitrogen and oxygen atoms in total. The van der Waals surface area contributed by atoms with Gasteiger partial charge in [0.2, 0.25) is 17.6 Å². The molecule has 5 atom stereocenters. The number of hydrogen-bond donors (Lipinski definition) is 3. The molecule has 1 aliphatic heterocycles. The molecule has 8 heteroatoms. The molecule has 32 heavy (non-hydrogen) atoms. The van der Waals surface area contributed by atoms with E-state index in [2.05, 4.69) is 31.1 Å². The van der Waals surface area contributed by atoms with Gasteiger partial charge in [0.15, 0.2) is 0 Å². The van der Waals surface area contributed by atoms with Gasteiger partial charge in [0.1, 0.15) is 6.04 Å². The smallest absolute Gasteiger partial charge is 0.289 e. The summed E-state index contributed by atoms with van der Waals surface area (Å²) in [7, 11) is 0. The first-order valence-electron chi connectivity index (χ1n) is 11.6. The lowest BCUT2D eigenvalue weighted by Crippen LogP contribution is -2.59. The lowest BCUT2D eigenvalue weighted by Gasteiger charge is -2.36. The normalized spacial score (nSPS) is 27.7. The fourth-order valence-electron chi connectivity index (χ4n) is 4.95. The van der Waals surface area contributed by atoms with Gasteiger partial charge < -0.3 is 21.3 Å². The second-order valence-corrected chi connectivity index (χ2v) is 11.3. The second kappa shape index (κ2) is 8.61. The number of amides is 3. The molecule has 178 valence electrons. The van der Waals surface area contributed by atoms with E-state index >= 15 is 0 Å². The lowest BCUT2D eigenvalue weighted by atomic mass is 9.86. The van der Waals surface area contributed by atoms with Crippen molar-refractivity contribution in [3.8, 4) is 0 Å². The number of hydrogen-bond acceptors (Lipinski definition) is 5. The number of Topliss-reactive ketones (excluding diaryl/α,β-unsaturated/α-hetero) is 1. The summed E-state index contributed by atoms with van der Waals surface area (Å²) in [5.74, 6) is -1.41. The van der Waals surface area contributed by atoms with Gasteiger partial charge in [-0.15, -0.1) is 6.58 Å². The van der Waals surface area contributed by atoms with Crippen LogP contribution in [0.25, 0.3) is 0 Å². The maximum Gasteiger partial charge on any atom is 0.289 e. The Morgan fingerprint density at radius 3 is 2.38 bits per heavy atom. The van der Waals surface area contributed by atoms with E-state index in [0.717, 1.165) is 12.8 Å². The highest BCUT2D eigenvalue weighted by Gasteiger charge is 2.69. The van der Waals surface area contributed by atoms with E-state index in [1.54, 1.807) is 4.90 Å². The molecule has 1 heterocycles. The maximum atomic E-state index is 13.5. The Balaban J connectivity index is 1.78. The lowest BCUT2D eigenvalue weighted by molar-refractivity contribution is -0.145. The maximum absolute atomic E-state index is 13.5. The highest BCUT2D eigenvalue weighted by molar-refractivity contribution is 6.38. The van der Waals surface area contributed by atoms with Gasteiger partial charge in [0.25, 0.3) is 5.91 Å². The fourth-order valence-corrected chi connectivity index (χ4v) is 4.95. The molecule has 2 saturated carbocycles. The van der Waals surface area contributed by atoms with E-state index in [1.807, 2.05) is 20.8 Å². The van der Waals surface area contributed by atoms with Crippen LogP contribution in [0.2, 0.25) is 0 Å². The third kappa shape index (κ3) is 4.75. The minimum Gasteiger partial charge on any atom is -0.346 e. The van der Waals surface area contributed by atoms with Crippen molar-refractivity contribution in [2.45, 2.75) is 72.0 Å². The van der Waals surface area contributed by atoms with Crippen molar-refractivity contribution in [3.05, 3.63) is 12.7 Å². The van der Waals surface area contributed by atoms with E-state index in [4.69, 9.17) is 5.73 Å². The van der Waals surface area contributed by atoms with E-state index < -0.39 is 35.2 Å². The molecular weight excluding hydrogens is 408 g/mol. The molecule has 3 amide bonds. The molecule has 0 aromatic heterocycles. The van der Waals surface area contributed by atoms with Gasteiger partial charge in [-0.25, -0.2) is 0 Å². The number of carbonyl (C=O) groups is 4. The van der Waals surface area contributed by atoms with Crippen LogP contribution < -0.4 is 16.4 Å². The third-order valence-corrected chi connectivity index (χ3v) is 7.49. The Morgan fingerprint density at radius 2 is 1.84 bits per heavy atom. The zero-order valence-electron chi connectivity index (χ0n) is 19.9. The predicted molar refractivity (Wildman–Crippen MR) is 121 cm³/mol. The Kier molecular flexibility index (Phi) is 6.57. The average Bonchev–Trinajstić information content (AvgIpc) is 3.56. The van der Waals surface area contributed by atoms with Crippen LogP contribution >= 0.6 is 0 Å². The Bertz CT molecular complexity index is 811. The average molecular weight is 447 g/mol. The van der Waals surface area contributed by atoms with Crippen molar-refractivity contribution in [1.82, 2.24) is 15.5 Å². The van der Waals surface area contributed by atoms with Crippen LogP contribution in [0.5, 0.6) is 0 Å². The third-order valence-electron chi connectivity index (χ3n) is 7.49. The number of nitrogens with two attached hydrogens (primary N) is 1. The number of rotatable bonds is 9. The van der Waals surface area contributed by atoms with Crippen LogP contribution in [-0.2, 0) is 19.2 Å². The number of likely N-dealkylation sites (tertiary alicyclic amines) is 1. The number of fused-ring (bicyclic) bond motifs is 1. The van der Waals surface area contributed by atoms with Gasteiger partial charge in [-0.3, -0.25) is 19.2 Å². The van der Waals surface area contributed by atoms with Crippen molar-refractivity contribution >= 4 is 23.5 Å². The van der Waals surface area contributed by atoms with E-state index in [-0.39, 0.29) is 35.6 Å². The van der Waals surface area contributed by atoms with Crippen LogP contribution in [0.3, 0.4) is 0 Å². The topological polar surface area (TPSA) is 122 Å². The monoisotopic (exact) mass is 446 g/mol. The zero-order chi connectivity index (χ0) is 24.0. The first kappa shape index (κ1) is 24.4. The Hall–Kier alpha value is -2.22. The molecule has 1 saturated heterocycles. The summed E-state index contributed by atoms with van der Waals surface area (Å²) < 4.78 is 0. The molecule has 3 fully saturated rings. The van der Waals surface area contributed by atoms with Crippen molar-refractivity contribution < 1.29 is 19.2 Å². The molecule has 3 aliphatic rings. The van der Waals surface area contributed by atoms with Crippen LogP contribution in [0.1, 0.15) is 53.9 Å². The summed E-state index contributed by atoms with van der Waals surface area (Å²) >= 11 is 0. The number of carbonyl (C=O) groups excluding carboxylic acids is 4. The summed E-state index contributed by atoms with van der Waals surface area (Å²) in [6, 6.07) is -2.30. The highest BCUT2D eigenvalue weighted by Crippen LogP contribution is 2.65. The quantitative estimate of drug-likeness (QED) is 0.360. The van der Waals surface area contributed by atoms with E-state index in [1.165, 1.54) is 6.08 Å². The van der Waals surface area contributed by atoms with Crippen LogP contribution in [0.15, 0.2) is 12.7 Å². The molecule has 2 aliphatic carbocycles. The largest absolute Gasteiger partial charge is 0.346 e. The van der Waals surface area contributed by atoms with Crippen LogP contribution in [0, 0.1) is 28.6 Å². The van der Waals surface area contributed by atoms with Gasteiger partial charge in [0.05, 0.1) is 12.1 Å². The summed E-state index contributed by atoms with van der Waals surface area (Å²) in [5.41, 5.74) is 5.75. The first-order valence-corrected chi connectivity index (χ1v) is 11.6. The zero-order valence-corrected chi connectivity index (χ0v) is 19.9. The predicted octanol–water partition coefficient (Wildman–Crippen LogP) is 0.999. The molecular formula is C24H38N4O4. The number of ketones is 1. The summed E-state index contributed by atoms with van der Waals surface area (Å²) in [6.45, 7) is 14.1. The molecule has 4 N–H and O–H groups in total. The molecule has 0 bridgehead atoms. The summed E-state index contributed by atoms with van der Waals surface area (Å²) in [5, 5.41) is 5.33. The standard InChI is InChI=1S/C24H38N4O4/c1-7-10-26-21(31)18(29)15(11-13-8-9-13)27-20(30)17-16-14(24(16,5)6)12-28(17)22(32)19(25)23(2,3)4/h7,13-17,19H,1,8-12,25H2,2-6H3,(H,26,31)(H,27,30)/t14?,15?,16?,17?,19-/m1/s1. The summed E-state index contributed by atoms with van der Waals surface area (Å²) in [4.78, 5) is 53.3. The van der Waals surface area contributed by atoms with Gasteiger partial charge in [-0.05, 0) is 35.0 Å². The Labute approximate surface area is 190 Å². The minimum absolute atomic E-state index is 0.0184. The van der Waals surface area contributed by atoms with Crippen molar-refractivity contribution in [3.63, 3.8) is 0 Å². The molecule has 0 spiro atoms. The van der Waals surface area contributed by atoms with Crippen molar-refractivity contribution in [2.24, 2.45) is 34.3 Å². The first-order chi connectivity index (χ1) is 14.8. The second-order valence-electron chi connectivity index (χ2n) is 11.3. The fraction of sp³-hybridized carbons (Fsp3) is 0.750. The number of nitrogens with one attached hydrogen (secondary N) is 2. The highest BCUT2D eigenvalue weighted by atomic mass is 16.2.